The van der Waals surface area contributed by atoms with E-state index in [4.69, 9.17) is 0 Å². The van der Waals surface area contributed by atoms with Gasteiger partial charge in [0.05, 0.1) is 4.87 Å². The number of likely N-dealkylation sites (tertiary alicyclic amines) is 1. The summed E-state index contributed by atoms with van der Waals surface area (Å²) in [6.45, 7) is 12.5. The molecule has 4 nitrogen and oxygen atoms in total. The molecule has 2 aliphatic rings. The molecule has 0 atom stereocenters. The van der Waals surface area contributed by atoms with Gasteiger partial charge in [-0.2, -0.15) is 0 Å². The lowest BCUT2D eigenvalue weighted by Crippen LogP contribution is -2.55. The molecule has 0 aromatic rings. The molecule has 0 aromatic heterocycles. The number of carbonyl (C=O) groups excluding carboxylic acids is 2. The second-order valence-corrected chi connectivity index (χ2v) is 9.44. The van der Waals surface area contributed by atoms with Crippen LogP contribution in [0.25, 0.3) is 0 Å². The number of nitrogens with zero attached hydrogens (tertiary/aromatic N) is 2. The third-order valence-electron chi connectivity index (χ3n) is 4.54. The van der Waals surface area contributed by atoms with Crippen molar-refractivity contribution in [2.24, 2.45) is 11.3 Å². The Labute approximate surface area is 139 Å². The van der Waals surface area contributed by atoms with Gasteiger partial charge >= 0.3 is 0 Å². The molecule has 0 radical (unpaired) electrons. The van der Waals surface area contributed by atoms with Gasteiger partial charge in [-0.1, -0.05) is 34.6 Å². The van der Waals surface area contributed by atoms with Gasteiger partial charge in [-0.25, -0.2) is 0 Å². The van der Waals surface area contributed by atoms with Crippen molar-refractivity contribution in [3.63, 3.8) is 0 Å². The van der Waals surface area contributed by atoms with Crippen LogP contribution < -0.4 is 0 Å². The summed E-state index contributed by atoms with van der Waals surface area (Å²) in [4.78, 5) is 29.0. The van der Waals surface area contributed by atoms with Crippen LogP contribution in [0.4, 0.5) is 0 Å². The van der Waals surface area contributed by atoms with Crippen LogP contribution in [-0.2, 0) is 9.59 Å². The largest absolute Gasteiger partial charge is 0.342 e. The van der Waals surface area contributed by atoms with Gasteiger partial charge in [-0.3, -0.25) is 9.59 Å². The van der Waals surface area contributed by atoms with Crippen LogP contribution in [0.2, 0.25) is 0 Å². The Morgan fingerprint density at radius 1 is 1.14 bits per heavy atom. The summed E-state index contributed by atoms with van der Waals surface area (Å²) >= 11 is 1.92. The smallest absolute Gasteiger partial charge is 0.227 e. The van der Waals surface area contributed by atoms with Crippen molar-refractivity contribution in [1.82, 2.24) is 9.80 Å². The van der Waals surface area contributed by atoms with Crippen molar-refractivity contribution in [3.8, 4) is 0 Å². The van der Waals surface area contributed by atoms with Crippen molar-refractivity contribution < 1.29 is 9.59 Å². The van der Waals surface area contributed by atoms with E-state index in [1.54, 1.807) is 0 Å². The van der Waals surface area contributed by atoms with Crippen molar-refractivity contribution in [2.75, 3.05) is 25.4 Å². The molecule has 2 aliphatic heterocycles. The lowest BCUT2D eigenvalue weighted by molar-refractivity contribution is -0.142. The standard InChI is InChI=1S/C17H30N2O2S/c1-13(2)12-14(20)19-10-11-22-17(19)6-8-18(9-7-17)15(21)16(3,4)5/h13H,6-12H2,1-5H3. The van der Waals surface area contributed by atoms with Crippen molar-refractivity contribution in [2.45, 2.75) is 58.8 Å². The topological polar surface area (TPSA) is 40.6 Å². The monoisotopic (exact) mass is 326 g/mol. The average molecular weight is 327 g/mol. The fraction of sp³-hybridized carbons (Fsp3) is 0.882. The highest BCUT2D eigenvalue weighted by Crippen LogP contribution is 2.44. The fourth-order valence-corrected chi connectivity index (χ4v) is 4.84. The predicted molar refractivity (Wildman–Crippen MR) is 91.6 cm³/mol. The first kappa shape index (κ1) is 17.6. The lowest BCUT2D eigenvalue weighted by Gasteiger charge is -2.45. The first-order valence-corrected chi connectivity index (χ1v) is 9.38. The van der Waals surface area contributed by atoms with Gasteiger partial charge in [0.1, 0.15) is 0 Å². The Balaban J connectivity index is 2.02. The van der Waals surface area contributed by atoms with E-state index in [1.165, 1.54) is 0 Å². The van der Waals surface area contributed by atoms with Gasteiger partial charge in [0.15, 0.2) is 0 Å². The first-order chi connectivity index (χ1) is 10.2. The van der Waals surface area contributed by atoms with Crippen LogP contribution in [0.1, 0.15) is 53.9 Å². The highest BCUT2D eigenvalue weighted by molar-refractivity contribution is 8.00. The molecule has 22 heavy (non-hydrogen) atoms. The van der Waals surface area contributed by atoms with Crippen LogP contribution in [-0.4, -0.2) is 51.9 Å². The number of amides is 2. The molecule has 0 aliphatic carbocycles. The van der Waals surface area contributed by atoms with E-state index in [0.717, 1.165) is 38.2 Å². The van der Waals surface area contributed by atoms with Crippen LogP contribution >= 0.6 is 11.8 Å². The minimum atomic E-state index is -0.319. The van der Waals surface area contributed by atoms with E-state index >= 15 is 0 Å². The number of thioether (sulfide) groups is 1. The number of rotatable bonds is 2. The fourth-order valence-electron chi connectivity index (χ4n) is 3.37. The number of hydrogen-bond donors (Lipinski definition) is 0. The molecular weight excluding hydrogens is 296 g/mol. The van der Waals surface area contributed by atoms with E-state index in [1.807, 2.05) is 37.4 Å². The van der Waals surface area contributed by atoms with E-state index < -0.39 is 0 Å². The number of piperidine rings is 1. The molecule has 0 bridgehead atoms. The maximum Gasteiger partial charge on any atom is 0.227 e. The lowest BCUT2D eigenvalue weighted by atomic mass is 9.92. The van der Waals surface area contributed by atoms with Gasteiger partial charge in [0, 0.05) is 37.2 Å². The highest BCUT2D eigenvalue weighted by atomic mass is 32.2. The van der Waals surface area contributed by atoms with Crippen molar-refractivity contribution in [3.05, 3.63) is 0 Å². The molecule has 2 rings (SSSR count). The molecule has 5 heteroatoms. The summed E-state index contributed by atoms with van der Waals surface area (Å²) < 4.78 is 0. The van der Waals surface area contributed by atoms with Crippen LogP contribution in [0.15, 0.2) is 0 Å². The maximum absolute atomic E-state index is 12.5. The molecule has 0 saturated carbocycles. The summed E-state index contributed by atoms with van der Waals surface area (Å²) in [6, 6.07) is 0. The Bertz CT molecular complexity index is 434. The maximum atomic E-state index is 12.5. The van der Waals surface area contributed by atoms with E-state index in [2.05, 4.69) is 18.7 Å². The molecule has 1 spiro atoms. The molecule has 2 saturated heterocycles. The van der Waals surface area contributed by atoms with Crippen molar-refractivity contribution >= 4 is 23.6 Å². The molecule has 126 valence electrons. The van der Waals surface area contributed by atoms with Crippen LogP contribution in [0, 0.1) is 11.3 Å². The SMILES string of the molecule is CC(C)CC(=O)N1CCSC12CCN(C(=O)C(C)(C)C)CC2. The summed E-state index contributed by atoms with van der Waals surface area (Å²) in [7, 11) is 0. The van der Waals surface area contributed by atoms with Gasteiger partial charge in [0.25, 0.3) is 0 Å². The van der Waals surface area contributed by atoms with E-state index in [-0.39, 0.29) is 22.1 Å². The minimum Gasteiger partial charge on any atom is -0.342 e. The zero-order valence-corrected chi connectivity index (χ0v) is 15.5. The quantitative estimate of drug-likeness (QED) is 0.783. The number of hydrogen-bond acceptors (Lipinski definition) is 3. The molecular formula is C17H30N2O2S. The summed E-state index contributed by atoms with van der Waals surface area (Å²) in [5.41, 5.74) is -0.319. The van der Waals surface area contributed by atoms with Crippen molar-refractivity contribution in [1.29, 1.82) is 0 Å². The van der Waals surface area contributed by atoms with Gasteiger partial charge in [-0.15, -0.1) is 11.8 Å². The zero-order valence-electron chi connectivity index (χ0n) is 14.6. The summed E-state index contributed by atoms with van der Waals surface area (Å²) in [5.74, 6) is 1.94. The highest BCUT2D eigenvalue weighted by Gasteiger charge is 2.47. The van der Waals surface area contributed by atoms with Gasteiger partial charge in [-0.05, 0) is 18.8 Å². The molecule has 2 amide bonds. The summed E-state index contributed by atoms with van der Waals surface area (Å²) in [6.07, 6.45) is 2.44. The Hall–Kier alpha value is -0.710. The van der Waals surface area contributed by atoms with E-state index in [0.29, 0.717) is 12.3 Å². The van der Waals surface area contributed by atoms with Crippen LogP contribution in [0.3, 0.4) is 0 Å². The second-order valence-electron chi connectivity index (χ2n) is 7.98. The summed E-state index contributed by atoms with van der Waals surface area (Å²) in [5, 5.41) is 0. The molecule has 0 unspecified atom stereocenters. The normalized spacial score (nSPS) is 21.7. The Morgan fingerprint density at radius 2 is 1.73 bits per heavy atom. The Kier molecular flexibility index (Phi) is 5.15. The first-order valence-electron chi connectivity index (χ1n) is 8.39. The second kappa shape index (κ2) is 6.42. The molecule has 2 heterocycles. The minimum absolute atomic E-state index is 0.0549. The third-order valence-corrected chi connectivity index (χ3v) is 6.09. The molecule has 0 N–H and O–H groups in total. The van der Waals surface area contributed by atoms with E-state index in [9.17, 15) is 9.59 Å². The predicted octanol–water partition coefficient (Wildman–Crippen LogP) is 2.97. The molecule has 2 fully saturated rings. The average Bonchev–Trinajstić information content (AvgIpc) is 2.80. The van der Waals surface area contributed by atoms with Gasteiger partial charge < -0.3 is 9.80 Å². The molecule has 0 aromatic carbocycles. The van der Waals surface area contributed by atoms with Crippen LogP contribution in [0.5, 0.6) is 0 Å². The zero-order chi connectivity index (χ0) is 16.5. The van der Waals surface area contributed by atoms with Gasteiger partial charge in [0.2, 0.25) is 11.8 Å². The Morgan fingerprint density at radius 3 is 2.23 bits per heavy atom. The third kappa shape index (κ3) is 3.61. The number of carbonyl (C=O) groups is 2.